The van der Waals surface area contributed by atoms with Gasteiger partial charge in [0.15, 0.2) is 0 Å². The van der Waals surface area contributed by atoms with Gasteiger partial charge in [-0.1, -0.05) is 12.1 Å². The summed E-state index contributed by atoms with van der Waals surface area (Å²) in [7, 11) is 0. The molecule has 1 unspecified atom stereocenters. The molecule has 1 fully saturated rings. The minimum absolute atomic E-state index is 0.0633. The lowest BCUT2D eigenvalue weighted by Crippen LogP contribution is -2.51. The minimum atomic E-state index is -0.0633. The molecule has 0 spiro atoms. The van der Waals surface area contributed by atoms with Crippen molar-refractivity contribution in [1.82, 2.24) is 5.32 Å². The van der Waals surface area contributed by atoms with E-state index >= 15 is 0 Å². The topological polar surface area (TPSA) is 58.4 Å². The average molecular weight is 205 g/mol. The van der Waals surface area contributed by atoms with E-state index in [0.29, 0.717) is 5.69 Å². The number of amides is 2. The number of anilines is 2. The zero-order valence-corrected chi connectivity index (χ0v) is 8.73. The highest BCUT2D eigenvalue weighted by atomic mass is 16.2. The van der Waals surface area contributed by atoms with Crippen LogP contribution >= 0.6 is 0 Å². The monoisotopic (exact) mass is 205 g/mol. The van der Waals surface area contributed by atoms with E-state index in [4.69, 9.17) is 5.73 Å². The molecule has 1 aliphatic heterocycles. The summed E-state index contributed by atoms with van der Waals surface area (Å²) in [5.41, 5.74) is 7.26. The third-order valence-electron chi connectivity index (χ3n) is 2.63. The molecule has 0 aliphatic carbocycles. The van der Waals surface area contributed by atoms with E-state index in [2.05, 4.69) is 5.32 Å². The Hall–Kier alpha value is -1.71. The largest absolute Gasteiger partial charge is 0.397 e. The Labute approximate surface area is 89.1 Å². The maximum atomic E-state index is 11.7. The molecule has 3 N–H and O–H groups in total. The van der Waals surface area contributed by atoms with Crippen molar-refractivity contribution < 1.29 is 4.79 Å². The standard InChI is InChI=1S/C11H15N3O/c1-8-6-7-14(11(15)13-8)10-5-3-2-4-9(10)12/h2-5,8H,6-7,12H2,1H3,(H,13,15). The predicted octanol–water partition coefficient (Wildman–Crippen LogP) is 1.58. The van der Waals surface area contributed by atoms with E-state index in [0.717, 1.165) is 18.7 Å². The van der Waals surface area contributed by atoms with Crippen molar-refractivity contribution in [2.45, 2.75) is 19.4 Å². The number of urea groups is 1. The van der Waals surface area contributed by atoms with Gasteiger partial charge in [0.2, 0.25) is 0 Å². The van der Waals surface area contributed by atoms with Crippen LogP contribution in [0.1, 0.15) is 13.3 Å². The van der Waals surface area contributed by atoms with Gasteiger partial charge in [0.1, 0.15) is 0 Å². The number of nitrogen functional groups attached to an aromatic ring is 1. The summed E-state index contributed by atoms with van der Waals surface area (Å²) < 4.78 is 0. The first-order valence-corrected chi connectivity index (χ1v) is 5.11. The van der Waals surface area contributed by atoms with Gasteiger partial charge in [0.25, 0.3) is 0 Å². The number of carbonyl (C=O) groups excluding carboxylic acids is 1. The molecule has 2 amide bonds. The van der Waals surface area contributed by atoms with Crippen LogP contribution in [-0.2, 0) is 0 Å². The molecule has 15 heavy (non-hydrogen) atoms. The smallest absolute Gasteiger partial charge is 0.322 e. The van der Waals surface area contributed by atoms with Crippen LogP contribution in [0.25, 0.3) is 0 Å². The van der Waals surface area contributed by atoms with Crippen LogP contribution in [0.15, 0.2) is 24.3 Å². The number of nitrogens with one attached hydrogen (secondary N) is 1. The summed E-state index contributed by atoms with van der Waals surface area (Å²) in [6.45, 7) is 2.73. The molecule has 0 bridgehead atoms. The van der Waals surface area contributed by atoms with Gasteiger partial charge in [-0.05, 0) is 25.5 Å². The van der Waals surface area contributed by atoms with Crippen LogP contribution in [0, 0.1) is 0 Å². The lowest BCUT2D eigenvalue weighted by atomic mass is 10.1. The molecule has 0 saturated carbocycles. The first-order chi connectivity index (χ1) is 7.18. The first-order valence-electron chi connectivity index (χ1n) is 5.11. The molecule has 80 valence electrons. The van der Waals surface area contributed by atoms with Gasteiger partial charge in [-0.2, -0.15) is 0 Å². The Morgan fingerprint density at radius 2 is 2.20 bits per heavy atom. The second kappa shape index (κ2) is 3.81. The fourth-order valence-corrected chi connectivity index (χ4v) is 1.75. The van der Waals surface area contributed by atoms with E-state index in [1.54, 1.807) is 11.0 Å². The van der Waals surface area contributed by atoms with Crippen LogP contribution in [0.3, 0.4) is 0 Å². The third kappa shape index (κ3) is 1.88. The van der Waals surface area contributed by atoms with Crippen molar-refractivity contribution in [2.24, 2.45) is 0 Å². The lowest BCUT2D eigenvalue weighted by molar-refractivity contribution is 0.237. The summed E-state index contributed by atoms with van der Waals surface area (Å²) in [5, 5.41) is 2.89. The maximum Gasteiger partial charge on any atom is 0.322 e. The highest BCUT2D eigenvalue weighted by molar-refractivity contribution is 5.95. The summed E-state index contributed by atoms with van der Waals surface area (Å²) in [4.78, 5) is 13.4. The molecule has 4 nitrogen and oxygen atoms in total. The zero-order valence-electron chi connectivity index (χ0n) is 8.73. The van der Waals surface area contributed by atoms with Crippen molar-refractivity contribution in [3.05, 3.63) is 24.3 Å². The van der Waals surface area contributed by atoms with E-state index in [1.807, 2.05) is 25.1 Å². The normalized spacial score (nSPS) is 21.3. The molecule has 1 aromatic rings. The van der Waals surface area contributed by atoms with Gasteiger partial charge in [-0.25, -0.2) is 4.79 Å². The third-order valence-corrected chi connectivity index (χ3v) is 2.63. The van der Waals surface area contributed by atoms with Crippen LogP contribution in [-0.4, -0.2) is 18.6 Å². The maximum absolute atomic E-state index is 11.7. The van der Waals surface area contributed by atoms with Crippen LogP contribution < -0.4 is 16.0 Å². The first kappa shape index (κ1) is 9.83. The fraction of sp³-hybridized carbons (Fsp3) is 0.364. The Kier molecular flexibility index (Phi) is 2.49. The van der Waals surface area contributed by atoms with Crippen molar-refractivity contribution in [3.63, 3.8) is 0 Å². The van der Waals surface area contributed by atoms with Crippen molar-refractivity contribution in [3.8, 4) is 0 Å². The highest BCUT2D eigenvalue weighted by Gasteiger charge is 2.24. The van der Waals surface area contributed by atoms with Crippen molar-refractivity contribution >= 4 is 17.4 Å². The summed E-state index contributed by atoms with van der Waals surface area (Å²) >= 11 is 0. The Morgan fingerprint density at radius 1 is 1.47 bits per heavy atom. The zero-order chi connectivity index (χ0) is 10.8. The number of hydrogen-bond acceptors (Lipinski definition) is 2. The highest BCUT2D eigenvalue weighted by Crippen LogP contribution is 2.24. The number of benzene rings is 1. The molecule has 1 aliphatic rings. The van der Waals surface area contributed by atoms with Gasteiger partial charge < -0.3 is 11.1 Å². The number of nitrogens with two attached hydrogens (primary N) is 1. The van der Waals surface area contributed by atoms with E-state index in [1.165, 1.54) is 0 Å². The van der Waals surface area contributed by atoms with E-state index in [9.17, 15) is 4.79 Å². The van der Waals surface area contributed by atoms with Crippen LogP contribution in [0.4, 0.5) is 16.2 Å². The van der Waals surface area contributed by atoms with Crippen LogP contribution in [0.2, 0.25) is 0 Å². The molecule has 1 atom stereocenters. The average Bonchev–Trinajstić information content (AvgIpc) is 2.20. The van der Waals surface area contributed by atoms with Crippen LogP contribution in [0.5, 0.6) is 0 Å². The summed E-state index contributed by atoms with van der Waals surface area (Å²) in [5.74, 6) is 0. The molecule has 1 saturated heterocycles. The van der Waals surface area contributed by atoms with Gasteiger partial charge in [0.05, 0.1) is 11.4 Å². The number of para-hydroxylation sites is 2. The molecular weight excluding hydrogens is 190 g/mol. The molecular formula is C11H15N3O. The molecule has 1 heterocycles. The Bertz CT molecular complexity index is 378. The fourth-order valence-electron chi connectivity index (χ4n) is 1.75. The summed E-state index contributed by atoms with van der Waals surface area (Å²) in [6.07, 6.45) is 0.945. The van der Waals surface area contributed by atoms with E-state index in [-0.39, 0.29) is 12.1 Å². The molecule has 4 heteroatoms. The van der Waals surface area contributed by atoms with Crippen molar-refractivity contribution in [1.29, 1.82) is 0 Å². The number of rotatable bonds is 1. The van der Waals surface area contributed by atoms with Gasteiger partial charge in [-0.3, -0.25) is 4.90 Å². The molecule has 0 aromatic heterocycles. The minimum Gasteiger partial charge on any atom is -0.397 e. The number of hydrogen-bond donors (Lipinski definition) is 2. The second-order valence-corrected chi connectivity index (χ2v) is 3.85. The quantitative estimate of drug-likeness (QED) is 0.684. The van der Waals surface area contributed by atoms with Gasteiger partial charge in [0, 0.05) is 12.6 Å². The Morgan fingerprint density at radius 3 is 2.87 bits per heavy atom. The molecule has 2 rings (SSSR count). The summed E-state index contributed by atoms with van der Waals surface area (Å²) in [6, 6.07) is 7.61. The lowest BCUT2D eigenvalue weighted by Gasteiger charge is -2.31. The van der Waals surface area contributed by atoms with Gasteiger partial charge in [-0.15, -0.1) is 0 Å². The number of carbonyl (C=O) groups is 1. The SMILES string of the molecule is CC1CCN(c2ccccc2N)C(=O)N1. The van der Waals surface area contributed by atoms with Crippen molar-refractivity contribution in [2.75, 3.05) is 17.2 Å². The predicted molar refractivity (Wildman–Crippen MR) is 60.8 cm³/mol. The number of nitrogens with zero attached hydrogens (tertiary/aromatic N) is 1. The van der Waals surface area contributed by atoms with E-state index < -0.39 is 0 Å². The molecule has 0 radical (unpaired) electrons. The molecule has 1 aromatic carbocycles. The van der Waals surface area contributed by atoms with Gasteiger partial charge >= 0.3 is 6.03 Å². The second-order valence-electron chi connectivity index (χ2n) is 3.85. The Balaban J connectivity index is 2.24.